The van der Waals surface area contributed by atoms with Gasteiger partial charge in [-0.25, -0.2) is 4.68 Å². The van der Waals surface area contributed by atoms with Crippen LogP contribution in [0, 0.1) is 0 Å². The van der Waals surface area contributed by atoms with Gasteiger partial charge in [-0.2, -0.15) is 15.1 Å². The fourth-order valence-corrected chi connectivity index (χ4v) is 4.48. The Morgan fingerprint density at radius 3 is 2.58 bits per heavy atom. The first-order valence-electron chi connectivity index (χ1n) is 10.8. The topological polar surface area (TPSA) is 68.1 Å². The molecule has 0 saturated carbocycles. The van der Waals surface area contributed by atoms with E-state index in [1.165, 1.54) is 5.56 Å². The largest absolute Gasteiger partial charge is 0.497 e. The van der Waals surface area contributed by atoms with Crippen molar-refractivity contribution in [3.63, 3.8) is 0 Å². The van der Waals surface area contributed by atoms with Crippen molar-refractivity contribution >= 4 is 46.0 Å². The number of nitrogens with zero attached hydrogens (tertiary/aromatic N) is 5. The zero-order valence-electron chi connectivity index (χ0n) is 18.5. The molecule has 0 spiro atoms. The number of rotatable bonds is 7. The Bertz CT molecular complexity index is 1300. The van der Waals surface area contributed by atoms with Crippen molar-refractivity contribution in [2.24, 2.45) is 7.05 Å². The smallest absolute Gasteiger partial charge is 0.226 e. The average Bonchev–Trinajstić information content (AvgIpc) is 3.14. The molecule has 0 amide bonds. The molecule has 0 fully saturated rings. The van der Waals surface area contributed by atoms with Crippen molar-refractivity contribution < 1.29 is 4.74 Å². The number of aryl methyl sites for hydroxylation is 1. The van der Waals surface area contributed by atoms with E-state index in [-0.39, 0.29) is 0 Å². The van der Waals surface area contributed by atoms with Crippen LogP contribution < -0.4 is 15.0 Å². The minimum Gasteiger partial charge on any atom is -0.497 e. The Balaban J connectivity index is 1.39. The van der Waals surface area contributed by atoms with Crippen LogP contribution in [-0.2, 0) is 26.4 Å². The van der Waals surface area contributed by atoms with E-state index >= 15 is 0 Å². The van der Waals surface area contributed by atoms with Crippen molar-refractivity contribution in [3.05, 3.63) is 69.3 Å². The summed E-state index contributed by atoms with van der Waals surface area (Å²) in [5.74, 6) is 2.36. The lowest BCUT2D eigenvalue weighted by atomic mass is 10.1. The molecule has 7 nitrogen and oxygen atoms in total. The zero-order valence-corrected chi connectivity index (χ0v) is 20.0. The summed E-state index contributed by atoms with van der Waals surface area (Å²) in [6.07, 6.45) is 1.65. The molecule has 1 aliphatic rings. The molecule has 2 aromatic heterocycles. The summed E-state index contributed by atoms with van der Waals surface area (Å²) in [7, 11) is 3.61. The predicted octanol–water partition coefficient (Wildman–Crippen LogP) is 4.90. The Labute approximate surface area is 202 Å². The van der Waals surface area contributed by atoms with Crippen LogP contribution in [0.3, 0.4) is 0 Å². The fraction of sp³-hybridized carbons (Fsp3) is 0.292. The van der Waals surface area contributed by atoms with Gasteiger partial charge >= 0.3 is 0 Å². The van der Waals surface area contributed by atoms with E-state index in [4.69, 9.17) is 37.9 Å². The summed E-state index contributed by atoms with van der Waals surface area (Å²) < 4.78 is 7.13. The molecule has 33 heavy (non-hydrogen) atoms. The van der Waals surface area contributed by atoms with Gasteiger partial charge in [0.1, 0.15) is 11.6 Å². The second-order valence-electron chi connectivity index (χ2n) is 8.08. The molecule has 0 bridgehead atoms. The van der Waals surface area contributed by atoms with E-state index in [9.17, 15) is 0 Å². The van der Waals surface area contributed by atoms with Crippen molar-refractivity contribution in [1.29, 1.82) is 0 Å². The molecule has 4 aromatic rings. The minimum atomic E-state index is 0.560. The number of benzene rings is 2. The van der Waals surface area contributed by atoms with Crippen LogP contribution in [-0.4, -0.2) is 39.9 Å². The minimum absolute atomic E-state index is 0.560. The average molecular weight is 483 g/mol. The predicted molar refractivity (Wildman–Crippen MR) is 133 cm³/mol. The second kappa shape index (κ2) is 9.08. The summed E-state index contributed by atoms with van der Waals surface area (Å²) in [6, 6.07) is 13.8. The summed E-state index contributed by atoms with van der Waals surface area (Å²) >= 11 is 12.2. The third-order valence-corrected chi connectivity index (χ3v) is 6.61. The Hall–Kier alpha value is -3.03. The number of methoxy groups -OCH3 is 1. The van der Waals surface area contributed by atoms with Crippen LogP contribution in [0.15, 0.2) is 42.5 Å². The molecule has 0 atom stereocenters. The number of nitrogens with one attached hydrogen (secondary N) is 1. The first-order chi connectivity index (χ1) is 16.0. The molecule has 2 aromatic carbocycles. The Kier molecular flexibility index (Phi) is 6.00. The highest BCUT2D eigenvalue weighted by atomic mass is 35.5. The maximum absolute atomic E-state index is 6.14. The van der Waals surface area contributed by atoms with Gasteiger partial charge in [0.2, 0.25) is 5.95 Å². The molecule has 3 heterocycles. The number of aromatic nitrogens is 4. The maximum atomic E-state index is 6.14. The van der Waals surface area contributed by atoms with Crippen LogP contribution in [0.1, 0.15) is 16.8 Å². The van der Waals surface area contributed by atoms with Crippen LogP contribution in [0.5, 0.6) is 5.75 Å². The lowest BCUT2D eigenvalue weighted by Gasteiger charge is -2.28. The van der Waals surface area contributed by atoms with Gasteiger partial charge in [-0.1, -0.05) is 41.4 Å². The SMILES string of the molecule is COc1ccc(CN2CCc3nn(C)c4nc(NCCc5ccc(Cl)c(Cl)c5)nc2c34)cc1. The third kappa shape index (κ3) is 4.43. The normalized spacial score (nSPS) is 12.9. The molecule has 1 N–H and O–H groups in total. The molecule has 0 radical (unpaired) electrons. The number of halogens is 2. The van der Waals surface area contributed by atoms with E-state index in [0.717, 1.165) is 59.8 Å². The van der Waals surface area contributed by atoms with E-state index in [1.807, 2.05) is 42.1 Å². The van der Waals surface area contributed by atoms with Crippen LogP contribution in [0.25, 0.3) is 11.0 Å². The van der Waals surface area contributed by atoms with Gasteiger partial charge < -0.3 is 15.0 Å². The van der Waals surface area contributed by atoms with Crippen molar-refractivity contribution in [1.82, 2.24) is 19.7 Å². The molecule has 0 aliphatic carbocycles. The highest BCUT2D eigenvalue weighted by Gasteiger charge is 2.26. The Morgan fingerprint density at radius 2 is 1.82 bits per heavy atom. The van der Waals surface area contributed by atoms with Crippen molar-refractivity contribution in [2.45, 2.75) is 19.4 Å². The second-order valence-corrected chi connectivity index (χ2v) is 8.90. The Morgan fingerprint density at radius 1 is 1.03 bits per heavy atom. The summed E-state index contributed by atoms with van der Waals surface area (Å²) in [5.41, 5.74) is 4.19. The number of anilines is 2. The number of hydrogen-bond donors (Lipinski definition) is 1. The summed E-state index contributed by atoms with van der Waals surface area (Å²) in [4.78, 5) is 11.9. The van der Waals surface area contributed by atoms with E-state index in [2.05, 4.69) is 27.4 Å². The van der Waals surface area contributed by atoms with E-state index in [0.29, 0.717) is 22.5 Å². The molecule has 170 valence electrons. The standard InChI is InChI=1S/C24H24Cl2N6O/c1-31-22-21-20(30-31)10-12-32(14-16-3-6-17(33-2)7-4-16)23(21)29-24(28-22)27-11-9-15-5-8-18(25)19(26)13-15/h3-8,13H,9-12,14H2,1-2H3,(H,27,28,29). The molecule has 0 unspecified atom stereocenters. The van der Waals surface area contributed by atoms with E-state index < -0.39 is 0 Å². The first-order valence-corrected chi connectivity index (χ1v) is 11.6. The van der Waals surface area contributed by atoms with Gasteiger partial charge in [0.25, 0.3) is 0 Å². The van der Waals surface area contributed by atoms with Crippen LogP contribution >= 0.6 is 23.2 Å². The van der Waals surface area contributed by atoms with E-state index in [1.54, 1.807) is 7.11 Å². The van der Waals surface area contributed by atoms with Gasteiger partial charge in [0, 0.05) is 33.1 Å². The van der Waals surface area contributed by atoms with Crippen molar-refractivity contribution in [3.8, 4) is 5.75 Å². The van der Waals surface area contributed by atoms with Gasteiger partial charge in [-0.3, -0.25) is 0 Å². The van der Waals surface area contributed by atoms with Gasteiger partial charge in [-0.05, 0) is 41.8 Å². The van der Waals surface area contributed by atoms with Gasteiger partial charge in [-0.15, -0.1) is 0 Å². The monoisotopic (exact) mass is 482 g/mol. The molecule has 0 saturated heterocycles. The van der Waals surface area contributed by atoms with Crippen molar-refractivity contribution in [2.75, 3.05) is 30.4 Å². The first kappa shape index (κ1) is 21.8. The van der Waals surface area contributed by atoms with Crippen LogP contribution in [0.4, 0.5) is 11.8 Å². The molecule has 5 rings (SSSR count). The summed E-state index contributed by atoms with van der Waals surface area (Å²) in [5, 5.41) is 10.2. The fourth-order valence-electron chi connectivity index (χ4n) is 4.16. The summed E-state index contributed by atoms with van der Waals surface area (Å²) in [6.45, 7) is 2.28. The highest BCUT2D eigenvalue weighted by molar-refractivity contribution is 6.42. The quantitative estimate of drug-likeness (QED) is 0.404. The number of hydrogen-bond acceptors (Lipinski definition) is 6. The molecule has 1 aliphatic heterocycles. The van der Waals surface area contributed by atoms with Gasteiger partial charge in [0.15, 0.2) is 5.65 Å². The van der Waals surface area contributed by atoms with Gasteiger partial charge in [0.05, 0.1) is 28.2 Å². The molecular formula is C24H24Cl2N6O. The molecule has 9 heteroatoms. The third-order valence-electron chi connectivity index (χ3n) is 5.87. The lowest BCUT2D eigenvalue weighted by Crippen LogP contribution is -2.29. The molecular weight excluding hydrogens is 459 g/mol. The highest BCUT2D eigenvalue weighted by Crippen LogP contribution is 2.33. The maximum Gasteiger partial charge on any atom is 0.226 e. The number of ether oxygens (including phenoxy) is 1. The zero-order chi connectivity index (χ0) is 22.9. The lowest BCUT2D eigenvalue weighted by molar-refractivity contribution is 0.414. The van der Waals surface area contributed by atoms with Crippen LogP contribution in [0.2, 0.25) is 10.0 Å².